The summed E-state index contributed by atoms with van der Waals surface area (Å²) in [5.74, 6) is -0.910. The highest BCUT2D eigenvalue weighted by Gasteiger charge is 2.26. The molecule has 60 valence electrons. The second kappa shape index (κ2) is 2.69. The van der Waals surface area contributed by atoms with Crippen LogP contribution in [0.3, 0.4) is 0 Å². The summed E-state index contributed by atoms with van der Waals surface area (Å²) < 4.78 is 0. The van der Waals surface area contributed by atoms with Gasteiger partial charge in [-0.3, -0.25) is 9.59 Å². The Morgan fingerprint density at radius 2 is 2.45 bits per heavy atom. The van der Waals surface area contributed by atoms with Gasteiger partial charge in [-0.1, -0.05) is 0 Å². The van der Waals surface area contributed by atoms with Crippen LogP contribution in [0.5, 0.6) is 0 Å². The van der Waals surface area contributed by atoms with Gasteiger partial charge in [0.05, 0.1) is 6.42 Å². The lowest BCUT2D eigenvalue weighted by molar-refractivity contribution is -0.139. The molecule has 0 bridgehead atoms. The van der Waals surface area contributed by atoms with E-state index in [1.807, 2.05) is 0 Å². The number of hydrogen-bond donors (Lipinski definition) is 2. The molecule has 0 radical (unpaired) electrons. The zero-order valence-corrected chi connectivity index (χ0v) is 6.00. The molecule has 2 N–H and O–H groups in total. The van der Waals surface area contributed by atoms with Gasteiger partial charge in [0.25, 0.3) is 5.91 Å². The summed E-state index contributed by atoms with van der Waals surface area (Å²) in [5, 5.41) is 11.0. The summed E-state index contributed by atoms with van der Waals surface area (Å²) in [7, 11) is 0. The smallest absolute Gasteiger partial charge is 0.305 e. The highest BCUT2D eigenvalue weighted by molar-refractivity contribution is 6.04. The van der Waals surface area contributed by atoms with Crippen LogP contribution in [0.1, 0.15) is 13.3 Å². The molecule has 1 atom stereocenters. The number of nitrogens with one attached hydrogen (secondary N) is 1. The number of amidine groups is 1. The number of hydrogen-bond acceptors (Lipinski definition) is 3. The molecule has 1 amide bonds. The van der Waals surface area contributed by atoms with Crippen molar-refractivity contribution in [3.63, 3.8) is 0 Å². The van der Waals surface area contributed by atoms with Crippen molar-refractivity contribution < 1.29 is 14.7 Å². The molecular formula is C6H8N2O3. The van der Waals surface area contributed by atoms with E-state index in [1.54, 1.807) is 6.92 Å². The van der Waals surface area contributed by atoms with Crippen molar-refractivity contribution in [1.29, 1.82) is 0 Å². The Kier molecular flexibility index (Phi) is 1.89. The molecule has 0 aliphatic carbocycles. The second-order valence-corrected chi connectivity index (χ2v) is 2.33. The number of aliphatic imine (C=N–C) groups is 1. The summed E-state index contributed by atoms with van der Waals surface area (Å²) in [5.41, 5.74) is 0. The maximum Gasteiger partial charge on any atom is 0.305 e. The first-order valence-electron chi connectivity index (χ1n) is 3.17. The van der Waals surface area contributed by atoms with Crippen molar-refractivity contribution in [3.8, 4) is 0 Å². The van der Waals surface area contributed by atoms with Crippen LogP contribution in [0.4, 0.5) is 0 Å². The van der Waals surface area contributed by atoms with Crippen LogP contribution in [0.15, 0.2) is 4.99 Å². The van der Waals surface area contributed by atoms with Crippen LogP contribution in [-0.2, 0) is 9.59 Å². The van der Waals surface area contributed by atoms with E-state index in [-0.39, 0.29) is 6.42 Å². The third kappa shape index (κ3) is 1.76. The number of amides is 1. The minimum Gasteiger partial charge on any atom is -0.481 e. The van der Waals surface area contributed by atoms with E-state index in [0.29, 0.717) is 5.84 Å². The molecule has 0 spiro atoms. The van der Waals surface area contributed by atoms with Gasteiger partial charge in [-0.2, -0.15) is 4.99 Å². The molecule has 1 aliphatic heterocycles. The molecule has 1 aliphatic rings. The third-order valence-corrected chi connectivity index (χ3v) is 1.34. The van der Waals surface area contributed by atoms with Gasteiger partial charge in [-0.25, -0.2) is 0 Å². The highest BCUT2D eigenvalue weighted by atomic mass is 16.4. The average molecular weight is 156 g/mol. The topological polar surface area (TPSA) is 78.8 Å². The average Bonchev–Trinajstić information content (AvgIpc) is 2.09. The van der Waals surface area contributed by atoms with E-state index in [9.17, 15) is 9.59 Å². The fourth-order valence-corrected chi connectivity index (χ4v) is 0.902. The quantitative estimate of drug-likeness (QED) is 0.558. The van der Waals surface area contributed by atoms with Crippen molar-refractivity contribution in [1.82, 2.24) is 5.32 Å². The van der Waals surface area contributed by atoms with Crippen LogP contribution >= 0.6 is 0 Å². The molecular weight excluding hydrogens is 148 g/mol. The first kappa shape index (κ1) is 7.71. The first-order chi connectivity index (χ1) is 5.09. The molecule has 0 saturated heterocycles. The van der Waals surface area contributed by atoms with Crippen LogP contribution in [0, 0.1) is 0 Å². The molecule has 5 nitrogen and oxygen atoms in total. The van der Waals surface area contributed by atoms with Crippen molar-refractivity contribution in [2.75, 3.05) is 0 Å². The Balaban J connectivity index is 2.53. The standard InChI is InChI=1S/C6H8N2O3/c1-3-7-4(2-5(9)10)6(11)8-3/h4H,2H2,1H3,(H,9,10)(H,7,8,11). The lowest BCUT2D eigenvalue weighted by Crippen LogP contribution is -2.33. The van der Waals surface area contributed by atoms with E-state index in [4.69, 9.17) is 5.11 Å². The fraction of sp³-hybridized carbons (Fsp3) is 0.500. The molecule has 0 aromatic rings. The fourth-order valence-electron chi connectivity index (χ4n) is 0.902. The van der Waals surface area contributed by atoms with Gasteiger partial charge >= 0.3 is 5.97 Å². The predicted octanol–water partition coefficient (Wildman–Crippen LogP) is -0.622. The monoisotopic (exact) mass is 156 g/mol. The van der Waals surface area contributed by atoms with Gasteiger partial charge in [0.1, 0.15) is 11.9 Å². The van der Waals surface area contributed by atoms with Gasteiger partial charge in [0.2, 0.25) is 0 Å². The van der Waals surface area contributed by atoms with E-state index >= 15 is 0 Å². The van der Waals surface area contributed by atoms with Gasteiger partial charge in [-0.05, 0) is 6.92 Å². The van der Waals surface area contributed by atoms with Crippen LogP contribution < -0.4 is 5.32 Å². The summed E-state index contributed by atoms with van der Waals surface area (Å²) in [6.45, 7) is 1.62. The Bertz CT molecular complexity index is 234. The molecule has 1 unspecified atom stereocenters. The first-order valence-corrected chi connectivity index (χ1v) is 3.17. The summed E-state index contributed by atoms with van der Waals surface area (Å²) in [6.07, 6.45) is -0.209. The van der Waals surface area contributed by atoms with Gasteiger partial charge < -0.3 is 10.4 Å². The SMILES string of the molecule is CC1=NC(=O)C(CC(=O)O)N1. The zero-order chi connectivity index (χ0) is 8.43. The molecule has 5 heteroatoms. The molecule has 0 aromatic carbocycles. The maximum atomic E-state index is 10.8. The van der Waals surface area contributed by atoms with E-state index in [0.717, 1.165) is 0 Å². The lowest BCUT2D eigenvalue weighted by Gasteiger charge is -2.03. The minimum atomic E-state index is -0.999. The summed E-state index contributed by atoms with van der Waals surface area (Å²) in [6, 6.07) is -0.660. The Morgan fingerprint density at radius 1 is 1.82 bits per heavy atom. The number of carboxylic acids is 1. The Hall–Kier alpha value is -1.39. The van der Waals surface area contributed by atoms with Crippen LogP contribution in [0.2, 0.25) is 0 Å². The van der Waals surface area contributed by atoms with Crippen molar-refractivity contribution in [2.24, 2.45) is 4.99 Å². The van der Waals surface area contributed by atoms with Crippen molar-refractivity contribution >= 4 is 17.7 Å². The van der Waals surface area contributed by atoms with Crippen LogP contribution in [-0.4, -0.2) is 28.9 Å². The zero-order valence-electron chi connectivity index (χ0n) is 6.00. The molecule has 1 heterocycles. The number of carbonyl (C=O) groups is 2. The van der Waals surface area contributed by atoms with Gasteiger partial charge in [0, 0.05) is 0 Å². The van der Waals surface area contributed by atoms with Crippen LogP contribution in [0.25, 0.3) is 0 Å². The third-order valence-electron chi connectivity index (χ3n) is 1.34. The van der Waals surface area contributed by atoms with E-state index < -0.39 is 17.9 Å². The second-order valence-electron chi connectivity index (χ2n) is 2.33. The number of rotatable bonds is 2. The molecule has 0 fully saturated rings. The number of aliphatic carboxylic acids is 1. The molecule has 1 rings (SSSR count). The number of nitrogens with zero attached hydrogens (tertiary/aromatic N) is 1. The molecule has 0 aromatic heterocycles. The Labute approximate surface area is 63.1 Å². The summed E-state index contributed by atoms with van der Waals surface area (Å²) in [4.78, 5) is 24.5. The maximum absolute atomic E-state index is 10.8. The van der Waals surface area contributed by atoms with Gasteiger partial charge in [-0.15, -0.1) is 0 Å². The van der Waals surface area contributed by atoms with Gasteiger partial charge in [0.15, 0.2) is 0 Å². The Morgan fingerprint density at radius 3 is 2.82 bits per heavy atom. The normalized spacial score (nSPS) is 22.8. The molecule has 0 saturated carbocycles. The highest BCUT2D eigenvalue weighted by Crippen LogP contribution is 2.02. The predicted molar refractivity (Wildman–Crippen MR) is 37.3 cm³/mol. The minimum absolute atomic E-state index is 0.209. The largest absolute Gasteiger partial charge is 0.481 e. The lowest BCUT2D eigenvalue weighted by atomic mass is 10.2. The van der Waals surface area contributed by atoms with Crippen molar-refractivity contribution in [2.45, 2.75) is 19.4 Å². The number of carbonyl (C=O) groups excluding carboxylic acids is 1. The van der Waals surface area contributed by atoms with Crippen molar-refractivity contribution in [3.05, 3.63) is 0 Å². The van der Waals surface area contributed by atoms with E-state index in [2.05, 4.69) is 10.3 Å². The van der Waals surface area contributed by atoms with E-state index in [1.165, 1.54) is 0 Å². The summed E-state index contributed by atoms with van der Waals surface area (Å²) >= 11 is 0. The molecule has 11 heavy (non-hydrogen) atoms. The number of carboxylic acid groups (broad SMARTS) is 1.